The van der Waals surface area contributed by atoms with Crippen molar-refractivity contribution in [3.8, 4) is 0 Å². The van der Waals surface area contributed by atoms with Crippen LogP contribution in [0.2, 0.25) is 0 Å². The highest BCUT2D eigenvalue weighted by atomic mass is 16.1. The summed E-state index contributed by atoms with van der Waals surface area (Å²) in [4.78, 5) is 20.4. The van der Waals surface area contributed by atoms with E-state index in [1.807, 2.05) is 25.1 Å². The molecule has 6 N–H and O–H groups in total. The molecule has 7 nitrogen and oxygen atoms in total. The van der Waals surface area contributed by atoms with Gasteiger partial charge in [-0.1, -0.05) is 18.9 Å². The summed E-state index contributed by atoms with van der Waals surface area (Å²) in [5.74, 6) is 0.778. The highest BCUT2D eigenvalue weighted by molar-refractivity contribution is 5.99. The summed E-state index contributed by atoms with van der Waals surface area (Å²) in [7, 11) is 0. The number of nitrogens with two attached hydrogens (primary N) is 2. The Kier molecular flexibility index (Phi) is 5.14. The maximum absolute atomic E-state index is 11.7. The first kappa shape index (κ1) is 17.2. The van der Waals surface area contributed by atoms with Crippen LogP contribution < -0.4 is 22.1 Å². The van der Waals surface area contributed by atoms with Crippen LogP contribution in [0.25, 0.3) is 0 Å². The smallest absolute Gasteiger partial charge is 0.252 e. The fourth-order valence-corrected chi connectivity index (χ4v) is 3.11. The zero-order chi connectivity index (χ0) is 17.8. The zero-order valence-electron chi connectivity index (χ0n) is 14.3. The molecular weight excluding hydrogens is 316 g/mol. The molecule has 0 saturated heterocycles. The van der Waals surface area contributed by atoms with Crippen LogP contribution in [0.15, 0.2) is 30.5 Å². The van der Waals surface area contributed by atoms with Crippen molar-refractivity contribution < 1.29 is 4.79 Å². The number of anilines is 3. The van der Waals surface area contributed by atoms with Gasteiger partial charge >= 0.3 is 0 Å². The Labute approximate surface area is 147 Å². The molecule has 1 aliphatic rings. The lowest BCUT2D eigenvalue weighted by Gasteiger charge is -2.29. The van der Waals surface area contributed by atoms with Gasteiger partial charge in [-0.3, -0.25) is 4.79 Å². The number of aryl methyl sites for hydroxylation is 1. The summed E-state index contributed by atoms with van der Waals surface area (Å²) in [5.41, 5.74) is 13.4. The summed E-state index contributed by atoms with van der Waals surface area (Å²) in [6.45, 7) is 1.91. The van der Waals surface area contributed by atoms with E-state index in [1.165, 1.54) is 12.6 Å². The SMILES string of the molecule is Cc1cccc(Nc2cc(N[C@@H]3CCCC[C@@H]3N)ncc2C(N)=O)n1. The maximum Gasteiger partial charge on any atom is 0.252 e. The van der Waals surface area contributed by atoms with E-state index in [0.717, 1.165) is 25.0 Å². The number of carbonyl (C=O) groups is 1. The molecule has 2 heterocycles. The Bertz CT molecular complexity index is 763. The zero-order valence-corrected chi connectivity index (χ0v) is 14.3. The molecule has 132 valence electrons. The van der Waals surface area contributed by atoms with E-state index in [2.05, 4.69) is 20.6 Å². The van der Waals surface area contributed by atoms with E-state index in [1.54, 1.807) is 6.07 Å². The van der Waals surface area contributed by atoms with E-state index in [4.69, 9.17) is 11.5 Å². The quantitative estimate of drug-likeness (QED) is 0.663. The molecule has 0 aliphatic heterocycles. The van der Waals surface area contributed by atoms with Gasteiger partial charge in [0.1, 0.15) is 11.6 Å². The Morgan fingerprint density at radius 2 is 2.04 bits per heavy atom. The minimum atomic E-state index is -0.538. The second kappa shape index (κ2) is 7.48. The van der Waals surface area contributed by atoms with E-state index in [9.17, 15) is 4.79 Å². The van der Waals surface area contributed by atoms with Gasteiger partial charge in [0.25, 0.3) is 5.91 Å². The highest BCUT2D eigenvalue weighted by Crippen LogP contribution is 2.25. The summed E-state index contributed by atoms with van der Waals surface area (Å²) < 4.78 is 0. The third-order valence-corrected chi connectivity index (χ3v) is 4.47. The lowest BCUT2D eigenvalue weighted by Crippen LogP contribution is -2.42. The summed E-state index contributed by atoms with van der Waals surface area (Å²) >= 11 is 0. The Morgan fingerprint density at radius 3 is 2.76 bits per heavy atom. The number of nitrogens with zero attached hydrogens (tertiary/aromatic N) is 2. The molecular formula is C18H24N6O. The molecule has 0 unspecified atom stereocenters. The van der Waals surface area contributed by atoms with E-state index in [0.29, 0.717) is 22.9 Å². The normalized spacial score (nSPS) is 20.1. The van der Waals surface area contributed by atoms with Crippen molar-refractivity contribution in [1.82, 2.24) is 9.97 Å². The van der Waals surface area contributed by atoms with Crippen LogP contribution in [-0.2, 0) is 0 Å². The van der Waals surface area contributed by atoms with Crippen molar-refractivity contribution in [3.05, 3.63) is 41.7 Å². The molecule has 2 atom stereocenters. The molecule has 1 amide bonds. The minimum absolute atomic E-state index is 0.112. The minimum Gasteiger partial charge on any atom is -0.366 e. The molecule has 2 aromatic rings. The number of nitrogens with one attached hydrogen (secondary N) is 2. The van der Waals surface area contributed by atoms with Crippen molar-refractivity contribution in [1.29, 1.82) is 0 Å². The molecule has 2 aromatic heterocycles. The fraction of sp³-hybridized carbons (Fsp3) is 0.389. The van der Waals surface area contributed by atoms with Crippen molar-refractivity contribution in [2.75, 3.05) is 10.6 Å². The number of pyridine rings is 2. The number of hydrogen-bond acceptors (Lipinski definition) is 6. The molecule has 1 saturated carbocycles. The largest absolute Gasteiger partial charge is 0.366 e. The van der Waals surface area contributed by atoms with Crippen molar-refractivity contribution in [2.45, 2.75) is 44.7 Å². The van der Waals surface area contributed by atoms with E-state index >= 15 is 0 Å². The fourth-order valence-electron chi connectivity index (χ4n) is 3.11. The molecule has 7 heteroatoms. The number of rotatable bonds is 5. The van der Waals surface area contributed by atoms with Gasteiger partial charge < -0.3 is 22.1 Å². The number of amides is 1. The first-order valence-corrected chi connectivity index (χ1v) is 8.55. The molecule has 0 radical (unpaired) electrons. The topological polar surface area (TPSA) is 119 Å². The Hall–Kier alpha value is -2.67. The van der Waals surface area contributed by atoms with E-state index < -0.39 is 5.91 Å². The summed E-state index contributed by atoms with van der Waals surface area (Å²) in [6, 6.07) is 7.72. The highest BCUT2D eigenvalue weighted by Gasteiger charge is 2.22. The molecule has 1 aliphatic carbocycles. The second-order valence-electron chi connectivity index (χ2n) is 6.47. The Balaban J connectivity index is 1.85. The molecule has 0 bridgehead atoms. The number of carbonyl (C=O) groups excluding carboxylic acids is 1. The van der Waals surface area contributed by atoms with Gasteiger partial charge in [-0.25, -0.2) is 9.97 Å². The van der Waals surface area contributed by atoms with Crippen LogP contribution in [0, 0.1) is 6.92 Å². The third-order valence-electron chi connectivity index (χ3n) is 4.47. The molecule has 1 fully saturated rings. The lowest BCUT2D eigenvalue weighted by molar-refractivity contribution is 0.100. The van der Waals surface area contributed by atoms with Gasteiger partial charge in [-0.2, -0.15) is 0 Å². The molecule has 0 aromatic carbocycles. The van der Waals surface area contributed by atoms with Gasteiger partial charge in [-0.05, 0) is 31.9 Å². The first-order chi connectivity index (χ1) is 12.0. The van der Waals surface area contributed by atoms with Crippen molar-refractivity contribution in [2.24, 2.45) is 11.5 Å². The molecule has 0 spiro atoms. The van der Waals surface area contributed by atoms with Crippen LogP contribution in [0.3, 0.4) is 0 Å². The van der Waals surface area contributed by atoms with Crippen LogP contribution in [-0.4, -0.2) is 28.0 Å². The number of aromatic nitrogens is 2. The number of primary amides is 1. The van der Waals surface area contributed by atoms with Gasteiger partial charge in [0.15, 0.2) is 0 Å². The van der Waals surface area contributed by atoms with Crippen LogP contribution >= 0.6 is 0 Å². The van der Waals surface area contributed by atoms with Crippen LogP contribution in [0.4, 0.5) is 17.3 Å². The molecule has 3 rings (SSSR count). The van der Waals surface area contributed by atoms with Gasteiger partial charge in [0.05, 0.1) is 11.3 Å². The van der Waals surface area contributed by atoms with Gasteiger partial charge in [0.2, 0.25) is 0 Å². The van der Waals surface area contributed by atoms with Crippen molar-refractivity contribution >= 4 is 23.2 Å². The maximum atomic E-state index is 11.7. The second-order valence-corrected chi connectivity index (χ2v) is 6.47. The monoisotopic (exact) mass is 340 g/mol. The first-order valence-electron chi connectivity index (χ1n) is 8.55. The average Bonchev–Trinajstić information content (AvgIpc) is 2.57. The third kappa shape index (κ3) is 4.24. The predicted octanol–water partition coefficient (Wildman–Crippen LogP) is 2.31. The van der Waals surface area contributed by atoms with E-state index in [-0.39, 0.29) is 12.1 Å². The number of hydrogen-bond donors (Lipinski definition) is 4. The summed E-state index contributed by atoms with van der Waals surface area (Å²) in [5, 5.41) is 6.55. The summed E-state index contributed by atoms with van der Waals surface area (Å²) in [6.07, 6.45) is 5.83. The standard InChI is InChI=1S/C18H24N6O/c1-11-5-4-8-16(22-11)24-15-9-17(21-10-12(15)18(20)25)23-14-7-3-2-6-13(14)19/h4-5,8-10,13-14H,2-3,6-7,19H2,1H3,(H2,20,25)(H2,21,22,23,24)/t13-,14+/m0/s1. The average molecular weight is 340 g/mol. The predicted molar refractivity (Wildman–Crippen MR) is 98.9 cm³/mol. The van der Waals surface area contributed by atoms with Crippen LogP contribution in [0.1, 0.15) is 41.7 Å². The van der Waals surface area contributed by atoms with Crippen LogP contribution in [0.5, 0.6) is 0 Å². The van der Waals surface area contributed by atoms with Gasteiger partial charge in [-0.15, -0.1) is 0 Å². The molecule has 25 heavy (non-hydrogen) atoms. The lowest BCUT2D eigenvalue weighted by atomic mass is 9.91. The van der Waals surface area contributed by atoms with Crippen molar-refractivity contribution in [3.63, 3.8) is 0 Å². The van der Waals surface area contributed by atoms with Gasteiger partial charge in [0, 0.05) is 30.0 Å². The Morgan fingerprint density at radius 1 is 1.24 bits per heavy atom.